The molecule has 0 radical (unpaired) electrons. The molecule has 3 rings (SSSR count). The zero-order valence-corrected chi connectivity index (χ0v) is 14.0. The second-order valence-corrected chi connectivity index (χ2v) is 5.49. The number of nitrogens with one attached hydrogen (secondary N) is 2. The fourth-order valence-corrected chi connectivity index (χ4v) is 2.68. The van der Waals surface area contributed by atoms with Crippen molar-refractivity contribution < 1.29 is 19.1 Å². The normalized spacial score (nSPS) is 10.5. The molecule has 0 aliphatic carbocycles. The van der Waals surface area contributed by atoms with Gasteiger partial charge in [-0.15, -0.1) is 0 Å². The molecule has 6 heteroatoms. The van der Waals surface area contributed by atoms with E-state index in [-0.39, 0.29) is 17.9 Å². The van der Waals surface area contributed by atoms with Crippen LogP contribution in [0.3, 0.4) is 0 Å². The average molecular weight is 338 g/mol. The van der Waals surface area contributed by atoms with Crippen LogP contribution in [-0.2, 0) is 16.0 Å². The molecule has 128 valence electrons. The lowest BCUT2D eigenvalue weighted by Crippen LogP contribution is -2.17. The Bertz CT molecular complexity index is 930. The molecule has 0 saturated carbocycles. The van der Waals surface area contributed by atoms with Crippen molar-refractivity contribution in [2.75, 3.05) is 19.5 Å². The number of esters is 1. The first-order valence-corrected chi connectivity index (χ1v) is 7.73. The first-order valence-electron chi connectivity index (χ1n) is 7.73. The summed E-state index contributed by atoms with van der Waals surface area (Å²) < 4.78 is 9.89. The van der Waals surface area contributed by atoms with E-state index in [0.29, 0.717) is 11.4 Å². The molecule has 1 aromatic heterocycles. The van der Waals surface area contributed by atoms with Crippen LogP contribution in [0.4, 0.5) is 5.69 Å². The maximum Gasteiger partial charge on any atom is 0.340 e. The molecule has 0 saturated heterocycles. The maximum atomic E-state index is 12.4. The highest BCUT2D eigenvalue weighted by atomic mass is 16.5. The van der Waals surface area contributed by atoms with Crippen LogP contribution in [0, 0.1) is 0 Å². The van der Waals surface area contributed by atoms with Gasteiger partial charge in [-0.1, -0.05) is 18.2 Å². The molecular formula is C19H18N2O4. The van der Waals surface area contributed by atoms with Crippen LogP contribution in [0.25, 0.3) is 10.9 Å². The zero-order chi connectivity index (χ0) is 17.8. The number of benzene rings is 2. The van der Waals surface area contributed by atoms with Crippen molar-refractivity contribution >= 4 is 28.5 Å². The van der Waals surface area contributed by atoms with E-state index in [1.807, 2.05) is 30.5 Å². The summed E-state index contributed by atoms with van der Waals surface area (Å²) in [4.78, 5) is 27.5. The van der Waals surface area contributed by atoms with Gasteiger partial charge in [-0.3, -0.25) is 4.79 Å². The fraction of sp³-hybridized carbons (Fsp3) is 0.158. The topological polar surface area (TPSA) is 80.4 Å². The van der Waals surface area contributed by atoms with Gasteiger partial charge in [-0.2, -0.15) is 0 Å². The predicted molar refractivity (Wildman–Crippen MR) is 95.0 cm³/mol. The van der Waals surface area contributed by atoms with Crippen LogP contribution in [0.5, 0.6) is 5.75 Å². The van der Waals surface area contributed by atoms with E-state index >= 15 is 0 Å². The van der Waals surface area contributed by atoms with Crippen LogP contribution < -0.4 is 10.1 Å². The number of carbonyl (C=O) groups excluding carboxylic acids is 2. The van der Waals surface area contributed by atoms with Crippen molar-refractivity contribution in [3.05, 3.63) is 59.8 Å². The number of H-pyrrole nitrogens is 1. The Labute approximate surface area is 144 Å². The van der Waals surface area contributed by atoms with E-state index in [0.717, 1.165) is 16.5 Å². The number of amides is 1. The number of aromatic amines is 1. The van der Waals surface area contributed by atoms with Crippen molar-refractivity contribution in [2.24, 2.45) is 0 Å². The van der Waals surface area contributed by atoms with E-state index in [1.54, 1.807) is 12.1 Å². The van der Waals surface area contributed by atoms with Gasteiger partial charge in [-0.25, -0.2) is 4.79 Å². The summed E-state index contributed by atoms with van der Waals surface area (Å²) >= 11 is 0. The van der Waals surface area contributed by atoms with E-state index in [1.165, 1.54) is 20.3 Å². The summed E-state index contributed by atoms with van der Waals surface area (Å²) in [5.41, 5.74) is 2.50. The molecule has 0 atom stereocenters. The van der Waals surface area contributed by atoms with Crippen molar-refractivity contribution in [1.82, 2.24) is 4.98 Å². The number of carbonyl (C=O) groups is 2. The Morgan fingerprint density at radius 2 is 1.92 bits per heavy atom. The van der Waals surface area contributed by atoms with Gasteiger partial charge in [0.15, 0.2) is 0 Å². The molecule has 1 heterocycles. The van der Waals surface area contributed by atoms with Gasteiger partial charge >= 0.3 is 5.97 Å². The smallest absolute Gasteiger partial charge is 0.340 e. The molecule has 2 aromatic carbocycles. The number of ether oxygens (including phenoxy) is 2. The Morgan fingerprint density at radius 3 is 2.68 bits per heavy atom. The molecule has 0 aliphatic rings. The number of rotatable bonds is 5. The number of fused-ring (bicyclic) bond motifs is 1. The summed E-state index contributed by atoms with van der Waals surface area (Å²) in [5.74, 6) is -0.253. The van der Waals surface area contributed by atoms with Crippen LogP contribution in [0.2, 0.25) is 0 Å². The Kier molecular flexibility index (Phi) is 4.70. The molecule has 25 heavy (non-hydrogen) atoms. The summed E-state index contributed by atoms with van der Waals surface area (Å²) in [6.45, 7) is 0. The number of methoxy groups -OCH3 is 2. The Morgan fingerprint density at radius 1 is 1.12 bits per heavy atom. The average Bonchev–Trinajstić information content (AvgIpc) is 3.04. The summed E-state index contributed by atoms with van der Waals surface area (Å²) in [7, 11) is 2.80. The maximum absolute atomic E-state index is 12.4. The lowest BCUT2D eigenvalue weighted by Gasteiger charge is -2.11. The third-order valence-corrected chi connectivity index (χ3v) is 3.93. The molecular weight excluding hydrogens is 320 g/mol. The van der Waals surface area contributed by atoms with Gasteiger partial charge in [0.2, 0.25) is 5.91 Å². The molecule has 0 bridgehead atoms. The Balaban J connectivity index is 1.82. The van der Waals surface area contributed by atoms with Crippen LogP contribution in [-0.4, -0.2) is 31.1 Å². The highest BCUT2D eigenvalue weighted by Crippen LogP contribution is 2.24. The highest BCUT2D eigenvalue weighted by Gasteiger charge is 2.16. The van der Waals surface area contributed by atoms with Gasteiger partial charge in [0.05, 0.1) is 31.9 Å². The van der Waals surface area contributed by atoms with Gasteiger partial charge in [0.1, 0.15) is 5.75 Å². The van der Waals surface area contributed by atoms with Gasteiger partial charge in [0, 0.05) is 17.1 Å². The van der Waals surface area contributed by atoms with E-state index < -0.39 is 5.97 Å². The number of para-hydroxylation sites is 1. The first kappa shape index (κ1) is 16.6. The molecule has 6 nitrogen and oxygen atoms in total. The fourth-order valence-electron chi connectivity index (χ4n) is 2.68. The van der Waals surface area contributed by atoms with Gasteiger partial charge in [-0.05, 0) is 29.8 Å². The number of hydrogen-bond donors (Lipinski definition) is 2. The first-order chi connectivity index (χ1) is 12.1. The summed E-state index contributed by atoms with van der Waals surface area (Å²) in [6.07, 6.45) is 2.01. The zero-order valence-electron chi connectivity index (χ0n) is 14.0. The van der Waals surface area contributed by atoms with Crippen LogP contribution in [0.15, 0.2) is 48.7 Å². The monoisotopic (exact) mass is 338 g/mol. The molecule has 2 N–H and O–H groups in total. The van der Waals surface area contributed by atoms with Crippen molar-refractivity contribution in [3.63, 3.8) is 0 Å². The van der Waals surface area contributed by atoms with Crippen molar-refractivity contribution in [2.45, 2.75) is 6.42 Å². The molecule has 1 amide bonds. The predicted octanol–water partition coefficient (Wildman–Crippen LogP) is 3.14. The second-order valence-electron chi connectivity index (χ2n) is 5.49. The van der Waals surface area contributed by atoms with E-state index in [4.69, 9.17) is 9.47 Å². The van der Waals surface area contributed by atoms with Gasteiger partial charge in [0.25, 0.3) is 0 Å². The molecule has 0 spiro atoms. The third kappa shape index (κ3) is 3.47. The number of hydrogen-bond acceptors (Lipinski definition) is 4. The summed E-state index contributed by atoms with van der Waals surface area (Å²) in [6, 6.07) is 12.6. The molecule has 0 fully saturated rings. The molecule has 0 aliphatic heterocycles. The Hall–Kier alpha value is -3.28. The number of anilines is 1. The highest BCUT2D eigenvalue weighted by molar-refractivity contribution is 6.03. The summed E-state index contributed by atoms with van der Waals surface area (Å²) in [5, 5.41) is 3.77. The quantitative estimate of drug-likeness (QED) is 0.700. The standard InChI is InChI=1S/C19H18N2O4/c1-24-13-7-8-17(15(10-13)19(23)25-2)21-18(22)9-12-11-20-16-6-4-3-5-14(12)16/h3-8,10-11,20H,9H2,1-2H3,(H,21,22). The number of aromatic nitrogens is 1. The molecule has 0 unspecified atom stereocenters. The molecule has 3 aromatic rings. The van der Waals surface area contributed by atoms with Crippen LogP contribution >= 0.6 is 0 Å². The second kappa shape index (κ2) is 7.09. The minimum absolute atomic E-state index is 0.191. The van der Waals surface area contributed by atoms with E-state index in [9.17, 15) is 9.59 Å². The van der Waals surface area contributed by atoms with E-state index in [2.05, 4.69) is 10.3 Å². The third-order valence-electron chi connectivity index (χ3n) is 3.93. The SMILES string of the molecule is COC(=O)c1cc(OC)ccc1NC(=O)Cc1c[nH]c2ccccc12. The van der Waals surface area contributed by atoms with Crippen molar-refractivity contribution in [3.8, 4) is 5.75 Å². The van der Waals surface area contributed by atoms with Gasteiger partial charge < -0.3 is 19.8 Å². The van der Waals surface area contributed by atoms with Crippen molar-refractivity contribution in [1.29, 1.82) is 0 Å². The minimum Gasteiger partial charge on any atom is -0.497 e. The largest absolute Gasteiger partial charge is 0.497 e. The lowest BCUT2D eigenvalue weighted by molar-refractivity contribution is -0.115. The minimum atomic E-state index is -0.540. The van der Waals surface area contributed by atoms with Crippen LogP contribution in [0.1, 0.15) is 15.9 Å². The lowest BCUT2D eigenvalue weighted by atomic mass is 10.1.